The normalized spacial score (nSPS) is 14.9. The SMILES string of the molecule is CCOC(=O)N=S(=O)(CC)c1ccc(Nc2ncc(Br)c(O[C@H](C)[C@@H](C)O)n2)cc1. The third kappa shape index (κ3) is 6.38. The van der Waals surface area contributed by atoms with Crippen molar-refractivity contribution in [3.63, 3.8) is 0 Å². The predicted molar refractivity (Wildman–Crippen MR) is 118 cm³/mol. The zero-order chi connectivity index (χ0) is 22.3. The van der Waals surface area contributed by atoms with Crippen LogP contribution < -0.4 is 10.1 Å². The summed E-state index contributed by atoms with van der Waals surface area (Å²) in [7, 11) is -2.91. The van der Waals surface area contributed by atoms with Crippen molar-refractivity contribution in [3.8, 4) is 5.88 Å². The summed E-state index contributed by atoms with van der Waals surface area (Å²) < 4.78 is 27.7. The molecule has 30 heavy (non-hydrogen) atoms. The Morgan fingerprint density at radius 1 is 1.30 bits per heavy atom. The second-order valence-electron chi connectivity index (χ2n) is 6.28. The van der Waals surface area contributed by atoms with Gasteiger partial charge in [-0.15, -0.1) is 4.36 Å². The van der Waals surface area contributed by atoms with Crippen LogP contribution in [0.2, 0.25) is 0 Å². The van der Waals surface area contributed by atoms with E-state index in [-0.39, 0.29) is 18.3 Å². The molecule has 0 saturated heterocycles. The summed E-state index contributed by atoms with van der Waals surface area (Å²) in [5.74, 6) is 0.752. The molecule has 1 amide bonds. The van der Waals surface area contributed by atoms with Gasteiger partial charge in [-0.05, 0) is 61.0 Å². The van der Waals surface area contributed by atoms with Gasteiger partial charge >= 0.3 is 6.09 Å². The molecule has 1 unspecified atom stereocenters. The number of carbonyl (C=O) groups excluding carboxylic acids is 1. The first kappa shape index (κ1) is 24.0. The molecule has 0 aliphatic heterocycles. The highest BCUT2D eigenvalue weighted by Gasteiger charge is 2.16. The van der Waals surface area contributed by atoms with Crippen molar-refractivity contribution in [2.24, 2.45) is 4.36 Å². The van der Waals surface area contributed by atoms with Crippen LogP contribution >= 0.6 is 15.9 Å². The number of nitrogens with one attached hydrogen (secondary N) is 1. The summed E-state index contributed by atoms with van der Waals surface area (Å²) in [4.78, 5) is 20.6. The van der Waals surface area contributed by atoms with Crippen LogP contribution in [0.5, 0.6) is 5.88 Å². The molecule has 2 N–H and O–H groups in total. The van der Waals surface area contributed by atoms with Gasteiger partial charge in [0.15, 0.2) is 0 Å². The van der Waals surface area contributed by atoms with Gasteiger partial charge in [-0.3, -0.25) is 0 Å². The minimum atomic E-state index is -2.91. The van der Waals surface area contributed by atoms with Crippen LogP contribution in [0.1, 0.15) is 27.7 Å². The fourth-order valence-corrected chi connectivity index (χ4v) is 3.91. The lowest BCUT2D eigenvalue weighted by atomic mass is 10.3. The van der Waals surface area contributed by atoms with Crippen LogP contribution in [-0.2, 0) is 14.5 Å². The lowest BCUT2D eigenvalue weighted by molar-refractivity contribution is 0.0569. The molecule has 1 aromatic carbocycles. The Bertz CT molecular complexity index is 991. The number of amides is 1. The summed E-state index contributed by atoms with van der Waals surface area (Å²) in [5.41, 5.74) is 0.643. The van der Waals surface area contributed by atoms with Gasteiger partial charge in [0.25, 0.3) is 0 Å². The second-order valence-corrected chi connectivity index (χ2v) is 9.65. The van der Waals surface area contributed by atoms with Crippen LogP contribution in [0, 0.1) is 0 Å². The molecule has 2 aromatic rings. The van der Waals surface area contributed by atoms with E-state index in [0.717, 1.165) is 0 Å². The fraction of sp³-hybridized carbons (Fsp3) is 0.421. The molecule has 0 fully saturated rings. The summed E-state index contributed by atoms with van der Waals surface area (Å²) in [6.45, 7) is 6.88. The molecule has 11 heteroatoms. The summed E-state index contributed by atoms with van der Waals surface area (Å²) in [6.07, 6.45) is -0.415. The van der Waals surface area contributed by atoms with E-state index < -0.39 is 28.0 Å². The first-order chi connectivity index (χ1) is 14.2. The number of hydrogen-bond acceptors (Lipinski definition) is 8. The highest BCUT2D eigenvalue weighted by atomic mass is 79.9. The van der Waals surface area contributed by atoms with Gasteiger partial charge < -0.3 is 19.9 Å². The minimum absolute atomic E-state index is 0.166. The molecule has 164 valence electrons. The molecule has 0 spiro atoms. The molecule has 0 radical (unpaired) electrons. The Hall–Kier alpha value is -2.24. The van der Waals surface area contributed by atoms with E-state index in [0.29, 0.717) is 20.9 Å². The lowest BCUT2D eigenvalue weighted by Crippen LogP contribution is -2.26. The smallest absolute Gasteiger partial charge is 0.442 e. The van der Waals surface area contributed by atoms with Crippen LogP contribution in [0.15, 0.2) is 44.2 Å². The molecule has 1 heterocycles. The van der Waals surface area contributed by atoms with Crippen molar-refractivity contribution < 1.29 is 23.6 Å². The average molecular weight is 501 g/mol. The second kappa shape index (κ2) is 10.7. The van der Waals surface area contributed by atoms with Gasteiger partial charge in [-0.1, -0.05) is 6.92 Å². The van der Waals surface area contributed by atoms with Crippen LogP contribution in [-0.4, -0.2) is 49.9 Å². The van der Waals surface area contributed by atoms with E-state index in [9.17, 15) is 14.1 Å². The number of aliphatic hydroxyl groups is 1. The number of anilines is 2. The molecule has 0 saturated carbocycles. The van der Waals surface area contributed by atoms with E-state index in [2.05, 4.69) is 35.6 Å². The highest BCUT2D eigenvalue weighted by Crippen LogP contribution is 2.26. The maximum Gasteiger partial charge on any atom is 0.442 e. The van der Waals surface area contributed by atoms with Crippen molar-refractivity contribution in [2.75, 3.05) is 17.7 Å². The zero-order valence-electron chi connectivity index (χ0n) is 17.2. The number of ether oxygens (including phenoxy) is 2. The summed E-state index contributed by atoms with van der Waals surface area (Å²) >= 11 is 3.32. The van der Waals surface area contributed by atoms with Gasteiger partial charge in [-0.2, -0.15) is 4.98 Å². The third-order valence-corrected chi connectivity index (χ3v) is 6.83. The van der Waals surface area contributed by atoms with Gasteiger partial charge in [0, 0.05) is 16.3 Å². The first-order valence-electron chi connectivity index (χ1n) is 9.34. The Morgan fingerprint density at radius 3 is 2.53 bits per heavy atom. The lowest BCUT2D eigenvalue weighted by Gasteiger charge is -2.17. The Kier molecular flexibility index (Phi) is 8.56. The summed E-state index contributed by atoms with van der Waals surface area (Å²) in [5, 5.41) is 12.6. The van der Waals surface area contributed by atoms with Gasteiger partial charge in [-0.25, -0.2) is 14.0 Å². The number of halogens is 1. The largest absolute Gasteiger partial charge is 0.471 e. The van der Waals surface area contributed by atoms with Gasteiger partial charge in [0.05, 0.1) is 33.1 Å². The van der Waals surface area contributed by atoms with Crippen molar-refractivity contribution >= 4 is 43.4 Å². The Labute approximate surface area is 184 Å². The van der Waals surface area contributed by atoms with Crippen molar-refractivity contribution in [3.05, 3.63) is 34.9 Å². The molecular formula is C19H25BrN4O5S. The average Bonchev–Trinajstić information content (AvgIpc) is 2.71. The number of benzene rings is 1. The van der Waals surface area contributed by atoms with Crippen molar-refractivity contribution in [1.82, 2.24) is 9.97 Å². The topological polar surface area (TPSA) is 123 Å². The number of rotatable bonds is 8. The van der Waals surface area contributed by atoms with E-state index in [1.165, 1.54) is 6.20 Å². The van der Waals surface area contributed by atoms with Crippen LogP contribution in [0.25, 0.3) is 0 Å². The number of carbonyl (C=O) groups is 1. The minimum Gasteiger partial charge on any atom is -0.471 e. The molecule has 0 aliphatic rings. The van der Waals surface area contributed by atoms with Gasteiger partial charge in [0.2, 0.25) is 11.8 Å². The van der Waals surface area contributed by atoms with Crippen LogP contribution in [0.3, 0.4) is 0 Å². The summed E-state index contributed by atoms with van der Waals surface area (Å²) in [6, 6.07) is 6.64. The standard InChI is InChI=1S/C19H25BrN4O5S/c1-5-28-19(26)24-30(27,6-2)15-9-7-14(8-10-15)22-18-21-11-16(20)17(23-18)29-13(4)12(3)25/h7-13,25H,5-6H2,1-4H3,(H,21,22,23)/t12-,13-,30?/m1/s1. The first-order valence-corrected chi connectivity index (χ1v) is 11.8. The van der Waals surface area contributed by atoms with Gasteiger partial charge in [0.1, 0.15) is 6.10 Å². The Morgan fingerprint density at radius 2 is 1.97 bits per heavy atom. The maximum absolute atomic E-state index is 13.0. The van der Waals surface area contributed by atoms with Crippen molar-refractivity contribution in [1.29, 1.82) is 0 Å². The molecule has 0 aliphatic carbocycles. The maximum atomic E-state index is 13.0. The molecule has 1 aromatic heterocycles. The number of hydrogen-bond donors (Lipinski definition) is 2. The molecule has 2 rings (SSSR count). The fourth-order valence-electron chi connectivity index (χ4n) is 2.20. The third-order valence-electron chi connectivity index (χ3n) is 4.05. The number of aliphatic hydroxyl groups excluding tert-OH is 1. The number of aromatic nitrogens is 2. The van der Waals surface area contributed by atoms with Crippen LogP contribution in [0.4, 0.5) is 16.4 Å². The van der Waals surface area contributed by atoms with E-state index in [1.54, 1.807) is 52.0 Å². The van der Waals surface area contributed by atoms with Crippen molar-refractivity contribution in [2.45, 2.75) is 44.8 Å². The predicted octanol–water partition coefficient (Wildman–Crippen LogP) is 4.13. The van der Waals surface area contributed by atoms with E-state index in [4.69, 9.17) is 9.47 Å². The molecule has 3 atom stereocenters. The zero-order valence-corrected chi connectivity index (χ0v) is 19.6. The van der Waals surface area contributed by atoms with E-state index >= 15 is 0 Å². The Balaban J connectivity index is 2.22. The quantitative estimate of drug-likeness (QED) is 0.554. The van der Waals surface area contributed by atoms with E-state index in [1.807, 2.05) is 0 Å². The molecule has 0 bridgehead atoms. The molecular weight excluding hydrogens is 476 g/mol. The monoisotopic (exact) mass is 500 g/mol. The highest BCUT2D eigenvalue weighted by molar-refractivity contribution is 9.10. The molecule has 9 nitrogen and oxygen atoms in total. The number of nitrogens with zero attached hydrogens (tertiary/aromatic N) is 3.